The number of nitrogens with one attached hydrogen (secondary N) is 3. The van der Waals surface area contributed by atoms with E-state index in [1.54, 1.807) is 12.1 Å². The topological polar surface area (TPSA) is 111 Å². The van der Waals surface area contributed by atoms with Gasteiger partial charge in [0.25, 0.3) is 5.91 Å². The Morgan fingerprint density at radius 3 is 2.25 bits per heavy atom. The first kappa shape index (κ1) is 19.1. The van der Waals surface area contributed by atoms with Crippen LogP contribution in [0.15, 0.2) is 48.5 Å². The summed E-state index contributed by atoms with van der Waals surface area (Å²) in [5, 5.41) is 16.2. The van der Waals surface area contributed by atoms with Gasteiger partial charge in [0.2, 0.25) is 5.91 Å². The van der Waals surface area contributed by atoms with Crippen LogP contribution in [-0.2, 0) is 9.59 Å². The maximum absolute atomic E-state index is 12.0. The SMILES string of the molecule is CC(CNC(=O)CC1NC(=O)NC1=O)c1ccc(-c2ccc(C#N)cc2)cc1. The number of urea groups is 1. The number of rotatable bonds is 6. The zero-order valence-corrected chi connectivity index (χ0v) is 15.4. The highest BCUT2D eigenvalue weighted by molar-refractivity contribution is 6.05. The summed E-state index contributed by atoms with van der Waals surface area (Å²) < 4.78 is 0. The van der Waals surface area contributed by atoms with Gasteiger partial charge in [-0.15, -0.1) is 0 Å². The van der Waals surface area contributed by atoms with Crippen LogP contribution in [-0.4, -0.2) is 30.4 Å². The number of nitriles is 1. The Morgan fingerprint density at radius 1 is 1.11 bits per heavy atom. The minimum Gasteiger partial charge on any atom is -0.355 e. The zero-order valence-electron chi connectivity index (χ0n) is 15.4. The Bertz CT molecular complexity index is 930. The lowest BCUT2D eigenvalue weighted by atomic mass is 9.97. The van der Waals surface area contributed by atoms with Gasteiger partial charge < -0.3 is 10.6 Å². The maximum Gasteiger partial charge on any atom is 0.322 e. The van der Waals surface area contributed by atoms with Crippen molar-refractivity contribution >= 4 is 17.8 Å². The Labute approximate surface area is 162 Å². The molecule has 28 heavy (non-hydrogen) atoms. The first-order valence-electron chi connectivity index (χ1n) is 8.95. The minimum absolute atomic E-state index is 0.0814. The summed E-state index contributed by atoms with van der Waals surface area (Å²) in [6, 6.07) is 16.1. The lowest BCUT2D eigenvalue weighted by Gasteiger charge is -2.15. The van der Waals surface area contributed by atoms with Crippen molar-refractivity contribution in [3.8, 4) is 17.2 Å². The average Bonchev–Trinajstić information content (AvgIpc) is 3.03. The molecule has 1 heterocycles. The molecular formula is C21H20N4O3. The average molecular weight is 376 g/mol. The van der Waals surface area contributed by atoms with Crippen LogP contribution in [0.5, 0.6) is 0 Å². The number of amides is 4. The van der Waals surface area contributed by atoms with Crippen molar-refractivity contribution < 1.29 is 14.4 Å². The standard InChI is InChI=1S/C21H20N4O3/c1-13(12-23-19(26)10-18-20(27)25-21(28)24-18)15-6-8-17(9-7-15)16-4-2-14(11-22)3-5-16/h2-9,13,18H,10,12H2,1H3,(H,23,26)(H2,24,25,27,28). The van der Waals surface area contributed by atoms with Crippen molar-refractivity contribution in [1.29, 1.82) is 5.26 Å². The lowest BCUT2D eigenvalue weighted by molar-refractivity contribution is -0.126. The van der Waals surface area contributed by atoms with Crippen molar-refractivity contribution in [3.63, 3.8) is 0 Å². The van der Waals surface area contributed by atoms with Gasteiger partial charge in [0.15, 0.2) is 0 Å². The summed E-state index contributed by atoms with van der Waals surface area (Å²) in [6.07, 6.45) is -0.0814. The molecule has 142 valence electrons. The van der Waals surface area contributed by atoms with Gasteiger partial charge in [0.05, 0.1) is 18.1 Å². The van der Waals surface area contributed by atoms with Gasteiger partial charge in [-0.3, -0.25) is 14.9 Å². The van der Waals surface area contributed by atoms with E-state index in [1.165, 1.54) is 0 Å². The summed E-state index contributed by atoms with van der Waals surface area (Å²) in [5.74, 6) is -0.680. The van der Waals surface area contributed by atoms with Crippen LogP contribution in [0.25, 0.3) is 11.1 Å². The molecule has 2 unspecified atom stereocenters. The van der Waals surface area contributed by atoms with Crippen LogP contribution in [0.3, 0.4) is 0 Å². The molecule has 1 fully saturated rings. The summed E-state index contributed by atoms with van der Waals surface area (Å²) in [5.41, 5.74) is 3.78. The lowest BCUT2D eigenvalue weighted by Crippen LogP contribution is -2.37. The predicted octanol–water partition coefficient (Wildman–Crippen LogP) is 2.04. The van der Waals surface area contributed by atoms with E-state index in [1.807, 2.05) is 43.3 Å². The van der Waals surface area contributed by atoms with Crippen molar-refractivity contribution in [3.05, 3.63) is 59.7 Å². The second-order valence-corrected chi connectivity index (χ2v) is 6.74. The molecule has 3 N–H and O–H groups in total. The van der Waals surface area contributed by atoms with Crippen LogP contribution < -0.4 is 16.0 Å². The molecule has 4 amide bonds. The number of imide groups is 1. The van der Waals surface area contributed by atoms with Crippen LogP contribution in [0.4, 0.5) is 4.79 Å². The van der Waals surface area contributed by atoms with Gasteiger partial charge in [-0.25, -0.2) is 4.79 Å². The Hall–Kier alpha value is -3.66. The summed E-state index contributed by atoms with van der Waals surface area (Å²) in [7, 11) is 0. The van der Waals surface area contributed by atoms with Crippen molar-refractivity contribution in [2.45, 2.75) is 25.3 Å². The van der Waals surface area contributed by atoms with Crippen molar-refractivity contribution in [2.24, 2.45) is 0 Å². The first-order chi connectivity index (χ1) is 13.5. The second kappa shape index (κ2) is 8.35. The molecule has 7 heteroatoms. The van der Waals surface area contributed by atoms with E-state index in [2.05, 4.69) is 22.0 Å². The van der Waals surface area contributed by atoms with E-state index >= 15 is 0 Å². The van der Waals surface area contributed by atoms with E-state index in [0.29, 0.717) is 12.1 Å². The molecule has 0 bridgehead atoms. The third-order valence-electron chi connectivity index (χ3n) is 4.68. The molecule has 7 nitrogen and oxygen atoms in total. The maximum atomic E-state index is 12.0. The fourth-order valence-electron chi connectivity index (χ4n) is 2.99. The van der Waals surface area contributed by atoms with Gasteiger partial charge in [0.1, 0.15) is 6.04 Å². The number of benzene rings is 2. The summed E-state index contributed by atoms with van der Waals surface area (Å²) in [6.45, 7) is 2.43. The molecule has 0 radical (unpaired) electrons. The smallest absolute Gasteiger partial charge is 0.322 e. The highest BCUT2D eigenvalue weighted by Gasteiger charge is 2.31. The van der Waals surface area contributed by atoms with E-state index in [0.717, 1.165) is 16.7 Å². The third kappa shape index (κ3) is 4.54. The van der Waals surface area contributed by atoms with Crippen LogP contribution in [0, 0.1) is 11.3 Å². The van der Waals surface area contributed by atoms with Crippen LogP contribution in [0.1, 0.15) is 30.4 Å². The number of hydrogen-bond acceptors (Lipinski definition) is 4. The number of carbonyl (C=O) groups excluding carboxylic acids is 3. The zero-order chi connectivity index (χ0) is 20.1. The third-order valence-corrected chi connectivity index (χ3v) is 4.68. The van der Waals surface area contributed by atoms with Gasteiger partial charge >= 0.3 is 6.03 Å². The normalized spacial score (nSPS) is 16.6. The Morgan fingerprint density at radius 2 is 1.71 bits per heavy atom. The monoisotopic (exact) mass is 376 g/mol. The van der Waals surface area contributed by atoms with E-state index < -0.39 is 18.0 Å². The van der Waals surface area contributed by atoms with E-state index in [-0.39, 0.29) is 18.2 Å². The highest BCUT2D eigenvalue weighted by Crippen LogP contribution is 2.23. The summed E-state index contributed by atoms with van der Waals surface area (Å²) >= 11 is 0. The number of nitrogens with zero attached hydrogens (tertiary/aromatic N) is 1. The van der Waals surface area contributed by atoms with Crippen molar-refractivity contribution in [2.75, 3.05) is 6.54 Å². The predicted molar refractivity (Wildman–Crippen MR) is 103 cm³/mol. The molecule has 1 saturated heterocycles. The molecular weight excluding hydrogens is 356 g/mol. The molecule has 3 rings (SSSR count). The van der Waals surface area contributed by atoms with E-state index in [9.17, 15) is 14.4 Å². The van der Waals surface area contributed by atoms with Gasteiger partial charge in [-0.05, 0) is 34.7 Å². The molecule has 0 saturated carbocycles. The molecule has 1 aliphatic heterocycles. The molecule has 2 aromatic rings. The Kier molecular flexibility index (Phi) is 5.70. The first-order valence-corrected chi connectivity index (χ1v) is 8.95. The summed E-state index contributed by atoms with van der Waals surface area (Å²) in [4.78, 5) is 34.6. The van der Waals surface area contributed by atoms with Crippen LogP contribution in [0.2, 0.25) is 0 Å². The molecule has 2 aromatic carbocycles. The van der Waals surface area contributed by atoms with Gasteiger partial charge in [-0.1, -0.05) is 43.3 Å². The Balaban J connectivity index is 1.53. The van der Waals surface area contributed by atoms with Crippen LogP contribution >= 0.6 is 0 Å². The highest BCUT2D eigenvalue weighted by atomic mass is 16.2. The molecule has 0 spiro atoms. The second-order valence-electron chi connectivity index (χ2n) is 6.74. The molecule has 0 aliphatic carbocycles. The fourth-order valence-corrected chi connectivity index (χ4v) is 2.99. The molecule has 2 atom stereocenters. The quantitative estimate of drug-likeness (QED) is 0.670. The van der Waals surface area contributed by atoms with Gasteiger partial charge in [-0.2, -0.15) is 5.26 Å². The molecule has 0 aromatic heterocycles. The van der Waals surface area contributed by atoms with E-state index in [4.69, 9.17) is 5.26 Å². The number of carbonyl (C=O) groups is 3. The van der Waals surface area contributed by atoms with Gasteiger partial charge in [0, 0.05) is 6.54 Å². The number of hydrogen-bond donors (Lipinski definition) is 3. The minimum atomic E-state index is -0.811. The van der Waals surface area contributed by atoms with Crippen molar-refractivity contribution in [1.82, 2.24) is 16.0 Å². The fraction of sp³-hybridized carbons (Fsp3) is 0.238. The molecule has 1 aliphatic rings. The largest absolute Gasteiger partial charge is 0.355 e.